The molecular formula is C17H28FNO2. The minimum Gasteiger partial charge on any atom is -0.389 e. The fourth-order valence-corrected chi connectivity index (χ4v) is 2.00. The lowest BCUT2D eigenvalue weighted by molar-refractivity contribution is -0.0235. The van der Waals surface area contributed by atoms with E-state index in [0.717, 1.165) is 5.56 Å². The van der Waals surface area contributed by atoms with Crippen molar-refractivity contribution < 1.29 is 14.2 Å². The molecule has 0 heterocycles. The Labute approximate surface area is 127 Å². The fraction of sp³-hybridized carbons (Fsp3) is 0.647. The van der Waals surface area contributed by atoms with E-state index in [-0.39, 0.29) is 17.5 Å². The largest absolute Gasteiger partial charge is 0.389 e. The molecule has 0 bridgehead atoms. The van der Waals surface area contributed by atoms with Crippen molar-refractivity contribution in [3.63, 3.8) is 0 Å². The third kappa shape index (κ3) is 7.02. The molecule has 0 aliphatic rings. The van der Waals surface area contributed by atoms with E-state index in [0.29, 0.717) is 19.7 Å². The highest BCUT2D eigenvalue weighted by atomic mass is 19.1. The second-order valence-electron chi connectivity index (χ2n) is 6.71. The van der Waals surface area contributed by atoms with Crippen molar-refractivity contribution in [1.29, 1.82) is 0 Å². The summed E-state index contributed by atoms with van der Waals surface area (Å²) in [6, 6.07) is 6.50. The highest BCUT2D eigenvalue weighted by molar-refractivity contribution is 5.16. The molecule has 1 unspecified atom stereocenters. The lowest BCUT2D eigenvalue weighted by Crippen LogP contribution is -2.46. The highest BCUT2D eigenvalue weighted by Gasteiger charge is 2.24. The van der Waals surface area contributed by atoms with E-state index in [1.54, 1.807) is 12.1 Å². The first-order valence-corrected chi connectivity index (χ1v) is 7.47. The number of rotatable bonds is 7. The zero-order valence-electron chi connectivity index (χ0n) is 13.8. The number of aliphatic hydroxyl groups excluding tert-OH is 1. The van der Waals surface area contributed by atoms with Gasteiger partial charge in [-0.3, -0.25) is 4.90 Å². The Bertz CT molecular complexity index is 412. The molecule has 0 saturated heterocycles. The zero-order valence-corrected chi connectivity index (χ0v) is 13.8. The molecule has 0 fully saturated rings. The summed E-state index contributed by atoms with van der Waals surface area (Å²) in [5, 5.41) is 10.1. The van der Waals surface area contributed by atoms with Gasteiger partial charge in [-0.05, 0) is 52.3 Å². The number of benzene rings is 1. The van der Waals surface area contributed by atoms with Crippen LogP contribution in [-0.2, 0) is 11.3 Å². The summed E-state index contributed by atoms with van der Waals surface area (Å²) < 4.78 is 18.4. The van der Waals surface area contributed by atoms with Crippen LogP contribution in [0.3, 0.4) is 0 Å². The van der Waals surface area contributed by atoms with Gasteiger partial charge in [-0.15, -0.1) is 0 Å². The first kappa shape index (κ1) is 18.1. The van der Waals surface area contributed by atoms with Crippen molar-refractivity contribution in [2.24, 2.45) is 0 Å². The maximum absolute atomic E-state index is 13.0. The standard InChI is InChI=1S/C17H28FNO2/c1-13(2)21-12-16(20)11-19(17(3,4)5)10-14-6-8-15(18)9-7-14/h6-9,13,16,20H,10-12H2,1-5H3. The summed E-state index contributed by atoms with van der Waals surface area (Å²) in [6.45, 7) is 11.7. The van der Waals surface area contributed by atoms with Gasteiger partial charge in [0.15, 0.2) is 0 Å². The van der Waals surface area contributed by atoms with E-state index >= 15 is 0 Å². The zero-order chi connectivity index (χ0) is 16.0. The van der Waals surface area contributed by atoms with Crippen LogP contribution in [0.1, 0.15) is 40.2 Å². The van der Waals surface area contributed by atoms with Crippen LogP contribution in [0.4, 0.5) is 4.39 Å². The van der Waals surface area contributed by atoms with Crippen molar-refractivity contribution in [2.75, 3.05) is 13.2 Å². The summed E-state index contributed by atoms with van der Waals surface area (Å²) >= 11 is 0. The van der Waals surface area contributed by atoms with Gasteiger partial charge >= 0.3 is 0 Å². The van der Waals surface area contributed by atoms with Gasteiger partial charge in [-0.25, -0.2) is 4.39 Å². The summed E-state index contributed by atoms with van der Waals surface area (Å²) in [7, 11) is 0. The summed E-state index contributed by atoms with van der Waals surface area (Å²) in [6.07, 6.45) is -0.424. The molecular weight excluding hydrogens is 269 g/mol. The first-order chi connectivity index (χ1) is 9.68. The van der Waals surface area contributed by atoms with E-state index in [1.807, 2.05) is 13.8 Å². The van der Waals surface area contributed by atoms with Gasteiger partial charge in [0.25, 0.3) is 0 Å². The summed E-state index contributed by atoms with van der Waals surface area (Å²) in [5.74, 6) is -0.230. The van der Waals surface area contributed by atoms with E-state index in [2.05, 4.69) is 25.7 Å². The number of nitrogens with zero attached hydrogens (tertiary/aromatic N) is 1. The molecule has 1 N–H and O–H groups in total. The Morgan fingerprint density at radius 3 is 2.24 bits per heavy atom. The van der Waals surface area contributed by atoms with Gasteiger partial charge in [0.1, 0.15) is 5.82 Å². The van der Waals surface area contributed by atoms with Crippen LogP contribution in [0.25, 0.3) is 0 Å². The lowest BCUT2D eigenvalue weighted by atomic mass is 10.0. The highest BCUT2D eigenvalue weighted by Crippen LogP contribution is 2.18. The smallest absolute Gasteiger partial charge is 0.123 e. The molecule has 1 aromatic rings. The molecule has 0 aliphatic heterocycles. The van der Waals surface area contributed by atoms with Crippen LogP contribution in [0, 0.1) is 5.82 Å². The molecule has 1 atom stereocenters. The van der Waals surface area contributed by atoms with E-state index < -0.39 is 6.10 Å². The van der Waals surface area contributed by atoms with E-state index in [1.165, 1.54) is 12.1 Å². The molecule has 0 spiro atoms. The van der Waals surface area contributed by atoms with Gasteiger partial charge in [-0.1, -0.05) is 12.1 Å². The minimum absolute atomic E-state index is 0.0901. The third-order valence-electron chi connectivity index (χ3n) is 3.29. The maximum atomic E-state index is 13.0. The average molecular weight is 297 g/mol. The van der Waals surface area contributed by atoms with E-state index in [4.69, 9.17) is 4.74 Å². The quantitative estimate of drug-likeness (QED) is 0.839. The molecule has 1 rings (SSSR count). The molecule has 1 aromatic carbocycles. The topological polar surface area (TPSA) is 32.7 Å². The molecule has 0 aliphatic carbocycles. The SMILES string of the molecule is CC(C)OCC(O)CN(Cc1ccc(F)cc1)C(C)(C)C. The Kier molecular flexibility index (Phi) is 6.78. The average Bonchev–Trinajstić information content (AvgIpc) is 2.37. The number of hydrogen-bond acceptors (Lipinski definition) is 3. The molecule has 0 radical (unpaired) electrons. The lowest BCUT2D eigenvalue weighted by Gasteiger charge is -2.37. The molecule has 3 nitrogen and oxygen atoms in total. The molecule has 120 valence electrons. The van der Waals surface area contributed by atoms with Crippen LogP contribution in [0.15, 0.2) is 24.3 Å². The van der Waals surface area contributed by atoms with E-state index in [9.17, 15) is 9.50 Å². The van der Waals surface area contributed by atoms with Crippen molar-refractivity contribution in [2.45, 2.75) is 58.9 Å². The predicted octanol–water partition coefficient (Wildman–Crippen LogP) is 3.21. The molecule has 0 amide bonds. The summed E-state index contributed by atoms with van der Waals surface area (Å²) in [5.41, 5.74) is 0.941. The van der Waals surface area contributed by atoms with Crippen LogP contribution in [-0.4, -0.2) is 40.9 Å². The number of halogens is 1. The normalized spacial score (nSPS) is 14.0. The van der Waals surface area contributed by atoms with Crippen LogP contribution < -0.4 is 0 Å². The Morgan fingerprint density at radius 2 is 1.76 bits per heavy atom. The van der Waals surface area contributed by atoms with Crippen LogP contribution in [0.2, 0.25) is 0 Å². The van der Waals surface area contributed by atoms with Gasteiger partial charge in [0.05, 0.1) is 18.8 Å². The monoisotopic (exact) mass is 297 g/mol. The number of β-amino-alcohol motifs (C(OH)–C–C–N with tert-alkyl or cyclic N) is 1. The Hall–Kier alpha value is -0.970. The maximum Gasteiger partial charge on any atom is 0.123 e. The molecule has 0 saturated carbocycles. The number of hydrogen-bond donors (Lipinski definition) is 1. The first-order valence-electron chi connectivity index (χ1n) is 7.47. The second-order valence-corrected chi connectivity index (χ2v) is 6.71. The van der Waals surface area contributed by atoms with Crippen molar-refractivity contribution in [3.05, 3.63) is 35.6 Å². The van der Waals surface area contributed by atoms with Crippen molar-refractivity contribution in [1.82, 2.24) is 4.90 Å². The second kappa shape index (κ2) is 7.87. The van der Waals surface area contributed by atoms with Crippen molar-refractivity contribution in [3.8, 4) is 0 Å². The number of aliphatic hydroxyl groups is 1. The van der Waals surface area contributed by atoms with Gasteiger partial charge < -0.3 is 9.84 Å². The molecule has 4 heteroatoms. The fourth-order valence-electron chi connectivity index (χ4n) is 2.00. The van der Waals surface area contributed by atoms with Gasteiger partial charge in [0, 0.05) is 18.6 Å². The third-order valence-corrected chi connectivity index (χ3v) is 3.29. The Morgan fingerprint density at radius 1 is 1.19 bits per heavy atom. The predicted molar refractivity (Wildman–Crippen MR) is 83.7 cm³/mol. The van der Waals surface area contributed by atoms with Gasteiger partial charge in [-0.2, -0.15) is 0 Å². The van der Waals surface area contributed by atoms with Crippen molar-refractivity contribution >= 4 is 0 Å². The van der Waals surface area contributed by atoms with Gasteiger partial charge in [0.2, 0.25) is 0 Å². The molecule has 0 aromatic heterocycles. The Balaban J connectivity index is 2.66. The number of ether oxygens (including phenoxy) is 1. The van der Waals surface area contributed by atoms with Crippen LogP contribution >= 0.6 is 0 Å². The summed E-state index contributed by atoms with van der Waals surface area (Å²) in [4.78, 5) is 2.18. The minimum atomic E-state index is -0.535. The molecule has 21 heavy (non-hydrogen) atoms. The van der Waals surface area contributed by atoms with Crippen LogP contribution in [0.5, 0.6) is 0 Å².